The average Bonchev–Trinajstić information content (AvgIpc) is 2.90. The first kappa shape index (κ1) is 15.3. The number of nitrogens with two attached hydrogens (primary N) is 1. The van der Waals surface area contributed by atoms with Crippen molar-refractivity contribution in [3.05, 3.63) is 17.5 Å². The van der Waals surface area contributed by atoms with Crippen LogP contribution in [0.3, 0.4) is 0 Å². The highest BCUT2D eigenvalue weighted by molar-refractivity contribution is 5.72. The van der Waals surface area contributed by atoms with Crippen LogP contribution in [-0.2, 0) is 19.5 Å². The van der Waals surface area contributed by atoms with E-state index in [-0.39, 0.29) is 6.03 Å². The molecule has 22 heavy (non-hydrogen) atoms. The van der Waals surface area contributed by atoms with E-state index in [2.05, 4.69) is 10.00 Å². The number of likely N-dealkylation sites (tertiary alicyclic amines) is 1. The van der Waals surface area contributed by atoms with Crippen molar-refractivity contribution < 1.29 is 9.90 Å². The van der Waals surface area contributed by atoms with Crippen LogP contribution >= 0.6 is 0 Å². The average molecular weight is 307 g/mol. The monoisotopic (exact) mass is 307 g/mol. The van der Waals surface area contributed by atoms with Crippen molar-refractivity contribution in [1.29, 1.82) is 0 Å². The molecule has 1 fully saturated rings. The second-order valence-corrected chi connectivity index (χ2v) is 6.32. The lowest BCUT2D eigenvalue weighted by molar-refractivity contribution is 0.0846. The van der Waals surface area contributed by atoms with E-state index in [1.807, 2.05) is 4.68 Å². The summed E-state index contributed by atoms with van der Waals surface area (Å²) in [4.78, 5) is 15.2. The summed E-state index contributed by atoms with van der Waals surface area (Å²) in [7, 11) is 0. The van der Waals surface area contributed by atoms with Gasteiger partial charge in [0.25, 0.3) is 0 Å². The van der Waals surface area contributed by atoms with E-state index < -0.39 is 6.10 Å². The fourth-order valence-corrected chi connectivity index (χ4v) is 3.44. The molecule has 2 aliphatic rings. The van der Waals surface area contributed by atoms with Gasteiger partial charge in [-0.2, -0.15) is 5.10 Å². The number of nitrogens with zero attached hydrogens (tertiary/aromatic N) is 4. The van der Waals surface area contributed by atoms with Crippen LogP contribution < -0.4 is 5.73 Å². The highest BCUT2D eigenvalue weighted by atomic mass is 16.3. The molecule has 0 aromatic carbocycles. The summed E-state index contributed by atoms with van der Waals surface area (Å²) in [5.41, 5.74) is 7.49. The number of hydrogen-bond donors (Lipinski definition) is 2. The van der Waals surface area contributed by atoms with Crippen molar-refractivity contribution in [2.75, 3.05) is 26.2 Å². The van der Waals surface area contributed by atoms with Crippen molar-refractivity contribution in [2.45, 2.75) is 44.9 Å². The second-order valence-electron chi connectivity index (χ2n) is 6.32. The number of β-amino-alcohol motifs (C(OH)–C–C–N with tert-alkyl or cyclic N) is 1. The van der Waals surface area contributed by atoms with Crippen LogP contribution in [-0.4, -0.2) is 63.0 Å². The second kappa shape index (κ2) is 6.66. The molecule has 0 bridgehead atoms. The number of carbonyl (C=O) groups is 1. The van der Waals surface area contributed by atoms with Gasteiger partial charge >= 0.3 is 6.03 Å². The molecule has 7 heteroatoms. The number of aromatic nitrogens is 2. The number of rotatable bonds is 4. The molecule has 0 aliphatic carbocycles. The molecule has 2 amide bonds. The predicted octanol–water partition coefficient (Wildman–Crippen LogP) is 0.167. The number of carbonyl (C=O) groups excluding carboxylic acids is 1. The molecule has 3 N–H and O–H groups in total. The number of piperidine rings is 1. The maximum Gasteiger partial charge on any atom is 0.315 e. The first-order valence-electron chi connectivity index (χ1n) is 8.12. The number of aliphatic hydroxyl groups excluding tert-OH is 1. The first-order chi connectivity index (χ1) is 10.6. The van der Waals surface area contributed by atoms with E-state index in [0.29, 0.717) is 26.2 Å². The van der Waals surface area contributed by atoms with Gasteiger partial charge in [0.2, 0.25) is 0 Å². The van der Waals surface area contributed by atoms with Gasteiger partial charge in [0.1, 0.15) is 0 Å². The van der Waals surface area contributed by atoms with Gasteiger partial charge in [0, 0.05) is 30.8 Å². The summed E-state index contributed by atoms with van der Waals surface area (Å²) in [6.45, 7) is 4.54. The van der Waals surface area contributed by atoms with Crippen molar-refractivity contribution in [3.63, 3.8) is 0 Å². The normalized spacial score (nSPS) is 20.7. The lowest BCUT2D eigenvalue weighted by Crippen LogP contribution is -2.40. The maximum absolute atomic E-state index is 11.2. The minimum absolute atomic E-state index is 0.386. The van der Waals surface area contributed by atoms with Crippen LogP contribution in [0.4, 0.5) is 4.79 Å². The molecule has 3 heterocycles. The molecule has 0 radical (unpaired) electrons. The third-order valence-electron chi connectivity index (χ3n) is 4.63. The zero-order valence-electron chi connectivity index (χ0n) is 12.9. The third-order valence-corrected chi connectivity index (χ3v) is 4.63. The summed E-state index contributed by atoms with van der Waals surface area (Å²) in [6, 6.07) is -0.386. The van der Waals surface area contributed by atoms with Crippen LogP contribution in [0.25, 0.3) is 0 Å². The van der Waals surface area contributed by atoms with Crippen molar-refractivity contribution in [2.24, 2.45) is 5.73 Å². The topological polar surface area (TPSA) is 87.6 Å². The SMILES string of the molecule is NC(=O)N1CCc2c(cnn2C[C@@H](O)CN2CCCCC2)C1. The molecule has 1 saturated heterocycles. The Labute approximate surface area is 130 Å². The highest BCUT2D eigenvalue weighted by Gasteiger charge is 2.23. The number of fused-ring (bicyclic) bond motifs is 1. The lowest BCUT2D eigenvalue weighted by Gasteiger charge is -2.29. The summed E-state index contributed by atoms with van der Waals surface area (Å²) >= 11 is 0. The van der Waals surface area contributed by atoms with Crippen molar-refractivity contribution in [1.82, 2.24) is 19.6 Å². The molecule has 7 nitrogen and oxygen atoms in total. The van der Waals surface area contributed by atoms with Crippen LogP contribution in [0.15, 0.2) is 6.20 Å². The summed E-state index contributed by atoms with van der Waals surface area (Å²) < 4.78 is 1.89. The zero-order chi connectivity index (χ0) is 15.5. The Morgan fingerprint density at radius 1 is 1.27 bits per heavy atom. The number of urea groups is 1. The Hall–Kier alpha value is -1.60. The van der Waals surface area contributed by atoms with Crippen LogP contribution in [0.2, 0.25) is 0 Å². The molecule has 1 aromatic rings. The first-order valence-corrected chi connectivity index (χ1v) is 8.12. The fourth-order valence-electron chi connectivity index (χ4n) is 3.44. The molecule has 2 aliphatic heterocycles. The van der Waals surface area contributed by atoms with Crippen molar-refractivity contribution >= 4 is 6.03 Å². The molecule has 122 valence electrons. The van der Waals surface area contributed by atoms with Crippen LogP contribution in [0.5, 0.6) is 0 Å². The molecule has 3 rings (SSSR count). The van der Waals surface area contributed by atoms with Crippen LogP contribution in [0, 0.1) is 0 Å². The Kier molecular flexibility index (Phi) is 4.63. The Bertz CT molecular complexity index is 524. The van der Waals surface area contributed by atoms with E-state index in [1.54, 1.807) is 11.1 Å². The number of hydrogen-bond acceptors (Lipinski definition) is 4. The quantitative estimate of drug-likeness (QED) is 0.830. The van der Waals surface area contributed by atoms with Gasteiger partial charge in [-0.3, -0.25) is 4.68 Å². The van der Waals surface area contributed by atoms with Crippen LogP contribution in [0.1, 0.15) is 30.5 Å². The third kappa shape index (κ3) is 3.41. The minimum atomic E-state index is -0.406. The minimum Gasteiger partial charge on any atom is -0.390 e. The maximum atomic E-state index is 11.2. The fraction of sp³-hybridized carbons (Fsp3) is 0.733. The van der Waals surface area contributed by atoms with E-state index in [0.717, 1.165) is 30.8 Å². The Morgan fingerprint density at radius 3 is 2.77 bits per heavy atom. The molecule has 0 saturated carbocycles. The number of aliphatic hydroxyl groups is 1. The lowest BCUT2D eigenvalue weighted by atomic mass is 10.1. The zero-order valence-corrected chi connectivity index (χ0v) is 12.9. The van der Waals surface area contributed by atoms with Gasteiger partial charge in [-0.05, 0) is 25.9 Å². The molecule has 0 unspecified atom stereocenters. The van der Waals surface area contributed by atoms with Gasteiger partial charge in [-0.1, -0.05) is 6.42 Å². The summed E-state index contributed by atoms with van der Waals surface area (Å²) in [5.74, 6) is 0. The number of primary amides is 1. The highest BCUT2D eigenvalue weighted by Crippen LogP contribution is 2.19. The van der Waals surface area contributed by atoms with Gasteiger partial charge in [0.15, 0.2) is 0 Å². The van der Waals surface area contributed by atoms with E-state index in [1.165, 1.54) is 19.3 Å². The number of amides is 2. The summed E-state index contributed by atoms with van der Waals surface area (Å²) in [6.07, 6.45) is 5.89. The van der Waals surface area contributed by atoms with E-state index in [9.17, 15) is 9.90 Å². The molecule has 1 atom stereocenters. The smallest absolute Gasteiger partial charge is 0.315 e. The van der Waals surface area contributed by atoms with Gasteiger partial charge in [0.05, 0.1) is 25.4 Å². The Balaban J connectivity index is 1.58. The Morgan fingerprint density at radius 2 is 2.05 bits per heavy atom. The molecular weight excluding hydrogens is 282 g/mol. The van der Waals surface area contributed by atoms with Crippen molar-refractivity contribution in [3.8, 4) is 0 Å². The molecule has 1 aromatic heterocycles. The van der Waals surface area contributed by atoms with Gasteiger partial charge in [-0.15, -0.1) is 0 Å². The predicted molar refractivity (Wildman–Crippen MR) is 82.2 cm³/mol. The van der Waals surface area contributed by atoms with Gasteiger partial charge in [-0.25, -0.2) is 4.79 Å². The largest absolute Gasteiger partial charge is 0.390 e. The van der Waals surface area contributed by atoms with E-state index >= 15 is 0 Å². The van der Waals surface area contributed by atoms with Gasteiger partial charge < -0.3 is 20.6 Å². The molecular formula is C15H25N5O2. The molecule has 0 spiro atoms. The van der Waals surface area contributed by atoms with E-state index in [4.69, 9.17) is 5.73 Å². The standard InChI is InChI=1S/C15H25N5O2/c16-15(22)19-7-4-14-12(9-19)8-17-20(14)11-13(21)10-18-5-2-1-3-6-18/h8,13,21H,1-7,9-11H2,(H2,16,22)/t13-/m0/s1. The summed E-state index contributed by atoms with van der Waals surface area (Å²) in [5, 5.41) is 14.7.